The van der Waals surface area contributed by atoms with E-state index in [0.717, 1.165) is 30.4 Å². The number of amides is 2. The minimum Gasteiger partial charge on any atom is -0.352 e. The number of rotatable bonds is 5. The topological polar surface area (TPSA) is 98.9 Å². The largest absolute Gasteiger partial charge is 0.352 e. The standard InChI is InChI=1S/C17H23N5O2/c1-11-6-8-18-10-14(11)20-15(23)7-9-19-17(24)16-12-4-2-3-5-13(12)21-22-16/h2-5,11,14,18H,6-10H2,1H3,(H,19,24)(H,20,23)(H,21,22). The van der Waals surface area contributed by atoms with Crippen LogP contribution in [0.15, 0.2) is 24.3 Å². The Hall–Kier alpha value is -2.41. The predicted octanol–water partition coefficient (Wildman–Crippen LogP) is 0.797. The van der Waals surface area contributed by atoms with Crippen LogP contribution in [0.4, 0.5) is 0 Å². The zero-order valence-electron chi connectivity index (χ0n) is 13.8. The third-order valence-electron chi connectivity index (χ3n) is 4.50. The van der Waals surface area contributed by atoms with Crippen molar-refractivity contribution in [1.82, 2.24) is 26.1 Å². The number of aromatic nitrogens is 2. The summed E-state index contributed by atoms with van der Waals surface area (Å²) in [5.74, 6) is 0.163. The monoisotopic (exact) mass is 329 g/mol. The summed E-state index contributed by atoms with van der Waals surface area (Å²) in [5.41, 5.74) is 1.18. The number of piperidine rings is 1. The van der Waals surface area contributed by atoms with Gasteiger partial charge >= 0.3 is 0 Å². The molecule has 2 aromatic rings. The lowest BCUT2D eigenvalue weighted by molar-refractivity contribution is -0.122. The van der Waals surface area contributed by atoms with Crippen LogP contribution in [0, 0.1) is 5.92 Å². The van der Waals surface area contributed by atoms with Crippen LogP contribution in [-0.4, -0.2) is 47.7 Å². The van der Waals surface area contributed by atoms with Crippen LogP contribution < -0.4 is 16.0 Å². The summed E-state index contributed by atoms with van der Waals surface area (Å²) in [6.45, 7) is 4.25. The van der Waals surface area contributed by atoms with Crippen LogP contribution in [0.25, 0.3) is 10.9 Å². The van der Waals surface area contributed by atoms with Gasteiger partial charge in [0.1, 0.15) is 0 Å². The van der Waals surface area contributed by atoms with Crippen molar-refractivity contribution >= 4 is 22.7 Å². The Kier molecular flexibility index (Phi) is 5.10. The first-order valence-corrected chi connectivity index (χ1v) is 8.36. The highest BCUT2D eigenvalue weighted by atomic mass is 16.2. The number of para-hydroxylation sites is 1. The van der Waals surface area contributed by atoms with Crippen LogP contribution in [-0.2, 0) is 4.79 Å². The summed E-state index contributed by atoms with van der Waals surface area (Å²) in [6.07, 6.45) is 1.32. The smallest absolute Gasteiger partial charge is 0.272 e. The molecule has 1 saturated heterocycles. The fourth-order valence-corrected chi connectivity index (χ4v) is 2.97. The van der Waals surface area contributed by atoms with E-state index in [1.807, 2.05) is 24.3 Å². The normalized spacial score (nSPS) is 20.7. The van der Waals surface area contributed by atoms with Crippen molar-refractivity contribution in [1.29, 1.82) is 0 Å². The third kappa shape index (κ3) is 3.73. The fourth-order valence-electron chi connectivity index (χ4n) is 2.97. The fraction of sp³-hybridized carbons (Fsp3) is 0.471. The molecule has 0 aliphatic carbocycles. The molecule has 0 spiro atoms. The van der Waals surface area contributed by atoms with Crippen molar-refractivity contribution < 1.29 is 9.59 Å². The molecule has 2 atom stereocenters. The molecule has 4 N–H and O–H groups in total. The molecular formula is C17H23N5O2. The second-order valence-corrected chi connectivity index (χ2v) is 6.27. The van der Waals surface area contributed by atoms with Crippen LogP contribution in [0.1, 0.15) is 30.3 Å². The maximum absolute atomic E-state index is 12.2. The van der Waals surface area contributed by atoms with Gasteiger partial charge in [0.25, 0.3) is 5.91 Å². The van der Waals surface area contributed by atoms with Gasteiger partial charge in [-0.1, -0.05) is 25.1 Å². The quantitative estimate of drug-likeness (QED) is 0.652. The molecule has 1 aromatic carbocycles. The van der Waals surface area contributed by atoms with Crippen molar-refractivity contribution in [3.8, 4) is 0 Å². The number of hydrogen-bond acceptors (Lipinski definition) is 4. The minimum atomic E-state index is -0.270. The molecule has 1 aliphatic heterocycles. The zero-order valence-corrected chi connectivity index (χ0v) is 13.8. The molecule has 7 heteroatoms. The van der Waals surface area contributed by atoms with Crippen molar-refractivity contribution in [2.75, 3.05) is 19.6 Å². The Bertz CT molecular complexity index is 727. The van der Waals surface area contributed by atoms with Crippen molar-refractivity contribution in [2.45, 2.75) is 25.8 Å². The van der Waals surface area contributed by atoms with Crippen LogP contribution in [0.3, 0.4) is 0 Å². The van der Waals surface area contributed by atoms with Crippen molar-refractivity contribution in [3.63, 3.8) is 0 Å². The van der Waals surface area contributed by atoms with Crippen LogP contribution in [0.5, 0.6) is 0 Å². The lowest BCUT2D eigenvalue weighted by atomic mass is 9.95. The summed E-state index contributed by atoms with van der Waals surface area (Å²) in [6, 6.07) is 7.62. The Morgan fingerprint density at radius 2 is 2.17 bits per heavy atom. The lowest BCUT2D eigenvalue weighted by Crippen LogP contribution is -2.50. The average molecular weight is 329 g/mol. The van der Waals surface area contributed by atoms with E-state index in [2.05, 4.69) is 33.1 Å². The van der Waals surface area contributed by atoms with Gasteiger partial charge < -0.3 is 16.0 Å². The molecule has 0 saturated carbocycles. The van der Waals surface area contributed by atoms with Gasteiger partial charge in [-0.3, -0.25) is 14.7 Å². The van der Waals surface area contributed by atoms with Crippen LogP contribution in [0.2, 0.25) is 0 Å². The molecule has 2 unspecified atom stereocenters. The number of nitrogens with zero attached hydrogens (tertiary/aromatic N) is 1. The van der Waals surface area contributed by atoms with E-state index >= 15 is 0 Å². The Morgan fingerprint density at radius 1 is 1.33 bits per heavy atom. The second-order valence-electron chi connectivity index (χ2n) is 6.27. The van der Waals surface area contributed by atoms with E-state index in [-0.39, 0.29) is 24.3 Å². The highest BCUT2D eigenvalue weighted by Crippen LogP contribution is 2.14. The number of fused-ring (bicyclic) bond motifs is 1. The SMILES string of the molecule is CC1CCNCC1NC(=O)CCNC(=O)c1n[nH]c2ccccc12. The molecule has 7 nitrogen and oxygen atoms in total. The number of H-pyrrole nitrogens is 1. The van der Waals surface area contributed by atoms with Gasteiger partial charge in [0.2, 0.25) is 5.91 Å². The van der Waals surface area contributed by atoms with E-state index in [1.165, 1.54) is 0 Å². The first-order valence-electron chi connectivity index (χ1n) is 8.36. The number of aromatic amines is 1. The van der Waals surface area contributed by atoms with E-state index in [1.54, 1.807) is 0 Å². The van der Waals surface area contributed by atoms with E-state index in [9.17, 15) is 9.59 Å². The van der Waals surface area contributed by atoms with E-state index < -0.39 is 0 Å². The van der Waals surface area contributed by atoms with Crippen molar-refractivity contribution in [2.24, 2.45) is 5.92 Å². The highest BCUT2D eigenvalue weighted by molar-refractivity contribution is 6.04. The summed E-state index contributed by atoms with van der Waals surface area (Å²) < 4.78 is 0. The van der Waals surface area contributed by atoms with Gasteiger partial charge in [-0.05, 0) is 24.9 Å². The number of hydrogen-bond donors (Lipinski definition) is 4. The zero-order chi connectivity index (χ0) is 16.9. The van der Waals surface area contributed by atoms with Gasteiger partial charge in [-0.2, -0.15) is 5.10 Å². The first kappa shape index (κ1) is 16.4. The van der Waals surface area contributed by atoms with Gasteiger partial charge in [0.15, 0.2) is 5.69 Å². The summed E-state index contributed by atoms with van der Waals surface area (Å²) in [7, 11) is 0. The Balaban J connectivity index is 1.47. The molecule has 2 heterocycles. The van der Waals surface area contributed by atoms with E-state index in [4.69, 9.17) is 0 Å². The predicted molar refractivity (Wildman–Crippen MR) is 91.6 cm³/mol. The summed E-state index contributed by atoms with van der Waals surface area (Å²) >= 11 is 0. The average Bonchev–Trinajstić information content (AvgIpc) is 3.01. The molecule has 1 fully saturated rings. The maximum atomic E-state index is 12.2. The third-order valence-corrected chi connectivity index (χ3v) is 4.50. The van der Waals surface area contributed by atoms with Crippen LogP contribution >= 0.6 is 0 Å². The first-order chi connectivity index (χ1) is 11.6. The highest BCUT2D eigenvalue weighted by Gasteiger charge is 2.22. The number of nitrogens with one attached hydrogen (secondary N) is 4. The summed E-state index contributed by atoms with van der Waals surface area (Å²) in [4.78, 5) is 24.2. The molecular weight excluding hydrogens is 306 g/mol. The van der Waals surface area contributed by atoms with Gasteiger partial charge in [0.05, 0.1) is 5.52 Å². The molecule has 128 valence electrons. The maximum Gasteiger partial charge on any atom is 0.272 e. The Morgan fingerprint density at radius 3 is 3.00 bits per heavy atom. The number of benzene rings is 1. The summed E-state index contributed by atoms with van der Waals surface area (Å²) in [5, 5.41) is 16.7. The molecule has 1 aromatic heterocycles. The number of carbonyl (C=O) groups excluding carboxylic acids is 2. The molecule has 1 aliphatic rings. The molecule has 0 bridgehead atoms. The minimum absolute atomic E-state index is 0.0391. The van der Waals surface area contributed by atoms with E-state index in [0.29, 0.717) is 18.2 Å². The molecule has 2 amide bonds. The molecule has 3 rings (SSSR count). The number of carbonyl (C=O) groups is 2. The molecule has 24 heavy (non-hydrogen) atoms. The van der Waals surface area contributed by atoms with Gasteiger partial charge in [-0.15, -0.1) is 0 Å². The van der Waals surface area contributed by atoms with Crippen molar-refractivity contribution in [3.05, 3.63) is 30.0 Å². The Labute approximate surface area is 140 Å². The second kappa shape index (κ2) is 7.44. The van der Waals surface area contributed by atoms with Gasteiger partial charge in [0, 0.05) is 30.9 Å². The van der Waals surface area contributed by atoms with Gasteiger partial charge in [-0.25, -0.2) is 0 Å². The molecule has 0 radical (unpaired) electrons. The lowest BCUT2D eigenvalue weighted by Gasteiger charge is -2.30.